The maximum absolute atomic E-state index is 5.76. The van der Waals surface area contributed by atoms with Crippen LogP contribution in [0.2, 0.25) is 0 Å². The molecule has 1 aliphatic rings. The van der Waals surface area contributed by atoms with E-state index in [0.717, 1.165) is 19.7 Å². The fourth-order valence-electron chi connectivity index (χ4n) is 1.54. The maximum Gasteiger partial charge on any atom is 0.0697 e. The number of nitrogens with one attached hydrogen (secondary N) is 2. The van der Waals surface area contributed by atoms with E-state index in [-0.39, 0.29) is 0 Å². The van der Waals surface area contributed by atoms with Crippen molar-refractivity contribution in [2.75, 3.05) is 19.7 Å². The highest BCUT2D eigenvalue weighted by Gasteiger charge is 2.20. The molecule has 1 fully saturated rings. The molecule has 1 heterocycles. The lowest BCUT2D eigenvalue weighted by Gasteiger charge is -2.16. The van der Waals surface area contributed by atoms with Gasteiger partial charge in [-0.3, -0.25) is 0 Å². The minimum absolute atomic E-state index is 0.332. The van der Waals surface area contributed by atoms with Crippen LogP contribution in [0.25, 0.3) is 0 Å². The predicted octanol–water partition coefficient (Wildman–Crippen LogP) is 0.997. The number of hydrogen-bond acceptors (Lipinski definition) is 3. The number of ether oxygens (including phenoxy) is 1. The number of rotatable bonds is 3. The van der Waals surface area contributed by atoms with Crippen molar-refractivity contribution in [2.24, 2.45) is 5.92 Å². The summed E-state index contributed by atoms with van der Waals surface area (Å²) in [7, 11) is 0. The molecule has 2 N–H and O–H groups in total. The highest BCUT2D eigenvalue weighted by atomic mass is 16.5. The Morgan fingerprint density at radius 2 is 2.14 bits per heavy atom. The zero-order chi connectivity index (χ0) is 10.6. The van der Waals surface area contributed by atoms with Gasteiger partial charge in [0.2, 0.25) is 0 Å². The van der Waals surface area contributed by atoms with Crippen LogP contribution in [0.5, 0.6) is 0 Å². The Morgan fingerprint density at radius 3 is 2.79 bits per heavy atom. The average Bonchev–Trinajstić information content (AvgIpc) is 2.28. The van der Waals surface area contributed by atoms with Crippen molar-refractivity contribution >= 4 is 0 Å². The Hall–Kier alpha value is -0.120. The molecule has 1 rings (SSSR count). The smallest absolute Gasteiger partial charge is 0.0697 e. The highest BCUT2D eigenvalue weighted by Crippen LogP contribution is 2.08. The normalized spacial score (nSPS) is 34.5. The van der Waals surface area contributed by atoms with Crippen LogP contribution in [0.15, 0.2) is 0 Å². The molecule has 0 aromatic carbocycles. The quantitative estimate of drug-likeness (QED) is 0.713. The summed E-state index contributed by atoms with van der Waals surface area (Å²) in [6.07, 6.45) is 0.332. The Balaban J connectivity index is 2.27. The molecule has 3 atom stereocenters. The largest absolute Gasteiger partial charge is 0.377 e. The van der Waals surface area contributed by atoms with Gasteiger partial charge in [0.05, 0.1) is 12.7 Å². The third kappa shape index (κ3) is 3.95. The van der Waals surface area contributed by atoms with E-state index in [4.69, 9.17) is 4.74 Å². The minimum Gasteiger partial charge on any atom is -0.377 e. The molecule has 0 amide bonds. The topological polar surface area (TPSA) is 33.3 Å². The Kier molecular flexibility index (Phi) is 4.85. The lowest BCUT2D eigenvalue weighted by Crippen LogP contribution is -2.38. The van der Waals surface area contributed by atoms with Gasteiger partial charge in [-0.05, 0) is 13.8 Å². The monoisotopic (exact) mass is 200 g/mol. The zero-order valence-electron chi connectivity index (χ0n) is 9.84. The molecule has 3 nitrogen and oxygen atoms in total. The molecule has 3 unspecified atom stereocenters. The van der Waals surface area contributed by atoms with Gasteiger partial charge >= 0.3 is 0 Å². The van der Waals surface area contributed by atoms with Gasteiger partial charge in [0.1, 0.15) is 0 Å². The average molecular weight is 200 g/mol. The van der Waals surface area contributed by atoms with Gasteiger partial charge in [0, 0.05) is 31.1 Å². The molecule has 1 saturated heterocycles. The summed E-state index contributed by atoms with van der Waals surface area (Å²) in [4.78, 5) is 0. The van der Waals surface area contributed by atoms with Crippen molar-refractivity contribution in [2.45, 2.75) is 45.9 Å². The van der Waals surface area contributed by atoms with Crippen LogP contribution < -0.4 is 10.6 Å². The van der Waals surface area contributed by atoms with Crippen LogP contribution in [-0.2, 0) is 4.74 Å². The van der Waals surface area contributed by atoms with E-state index in [1.807, 2.05) is 0 Å². The molecule has 0 radical (unpaired) electrons. The van der Waals surface area contributed by atoms with Crippen LogP contribution in [0.1, 0.15) is 27.7 Å². The standard InChI is InChI=1S/C11H24N2O/c1-8(2)12-5-11-6-13-9(3)10(4)14-7-11/h8-13H,5-7H2,1-4H3. The molecule has 14 heavy (non-hydrogen) atoms. The molecule has 0 bridgehead atoms. The fourth-order valence-corrected chi connectivity index (χ4v) is 1.54. The summed E-state index contributed by atoms with van der Waals surface area (Å²) in [6.45, 7) is 11.7. The van der Waals surface area contributed by atoms with E-state index < -0.39 is 0 Å². The summed E-state index contributed by atoms with van der Waals surface area (Å²) >= 11 is 0. The van der Waals surface area contributed by atoms with Gasteiger partial charge in [-0.2, -0.15) is 0 Å². The second kappa shape index (κ2) is 5.69. The Labute approximate surface area is 87.6 Å². The molecular weight excluding hydrogens is 176 g/mol. The lowest BCUT2D eigenvalue weighted by atomic mass is 10.1. The van der Waals surface area contributed by atoms with Crippen molar-refractivity contribution in [1.82, 2.24) is 10.6 Å². The van der Waals surface area contributed by atoms with E-state index in [1.54, 1.807) is 0 Å². The maximum atomic E-state index is 5.76. The van der Waals surface area contributed by atoms with Gasteiger partial charge in [0.25, 0.3) is 0 Å². The van der Waals surface area contributed by atoms with Crippen molar-refractivity contribution in [3.63, 3.8) is 0 Å². The van der Waals surface area contributed by atoms with Crippen molar-refractivity contribution < 1.29 is 4.74 Å². The van der Waals surface area contributed by atoms with Crippen LogP contribution in [0.3, 0.4) is 0 Å². The second-order valence-electron chi connectivity index (χ2n) is 4.66. The predicted molar refractivity (Wildman–Crippen MR) is 59.5 cm³/mol. The molecule has 0 aliphatic carbocycles. The second-order valence-corrected chi connectivity index (χ2v) is 4.66. The van der Waals surface area contributed by atoms with Crippen LogP contribution in [0, 0.1) is 5.92 Å². The first-order chi connectivity index (χ1) is 6.59. The molecule has 0 saturated carbocycles. The molecule has 0 aromatic rings. The first kappa shape index (κ1) is 12.0. The third-order valence-electron chi connectivity index (χ3n) is 2.84. The van der Waals surface area contributed by atoms with E-state index in [2.05, 4.69) is 38.3 Å². The van der Waals surface area contributed by atoms with E-state index in [0.29, 0.717) is 24.1 Å². The summed E-state index contributed by atoms with van der Waals surface area (Å²) in [6, 6.07) is 1.03. The van der Waals surface area contributed by atoms with E-state index >= 15 is 0 Å². The molecule has 84 valence electrons. The Morgan fingerprint density at radius 1 is 1.43 bits per heavy atom. The number of hydrogen-bond donors (Lipinski definition) is 2. The minimum atomic E-state index is 0.332. The van der Waals surface area contributed by atoms with Gasteiger partial charge in [0.15, 0.2) is 0 Å². The molecule has 0 aromatic heterocycles. The zero-order valence-corrected chi connectivity index (χ0v) is 9.84. The van der Waals surface area contributed by atoms with Crippen molar-refractivity contribution in [3.8, 4) is 0 Å². The summed E-state index contributed by atoms with van der Waals surface area (Å²) < 4.78 is 5.76. The highest BCUT2D eigenvalue weighted by molar-refractivity contribution is 4.77. The summed E-state index contributed by atoms with van der Waals surface area (Å²) in [5.41, 5.74) is 0. The molecule has 0 spiro atoms. The first-order valence-corrected chi connectivity index (χ1v) is 5.68. The van der Waals surface area contributed by atoms with E-state index in [9.17, 15) is 0 Å². The fraction of sp³-hybridized carbons (Fsp3) is 1.00. The summed E-state index contributed by atoms with van der Waals surface area (Å²) in [5.74, 6) is 0.602. The first-order valence-electron chi connectivity index (χ1n) is 5.68. The van der Waals surface area contributed by atoms with Crippen LogP contribution >= 0.6 is 0 Å². The lowest BCUT2D eigenvalue weighted by molar-refractivity contribution is 0.0443. The van der Waals surface area contributed by atoms with Gasteiger partial charge in [-0.15, -0.1) is 0 Å². The summed E-state index contributed by atoms with van der Waals surface area (Å²) in [5, 5.41) is 6.96. The van der Waals surface area contributed by atoms with Crippen LogP contribution in [-0.4, -0.2) is 37.9 Å². The molecular formula is C11H24N2O. The third-order valence-corrected chi connectivity index (χ3v) is 2.84. The van der Waals surface area contributed by atoms with Crippen LogP contribution in [0.4, 0.5) is 0 Å². The molecule has 3 heteroatoms. The van der Waals surface area contributed by atoms with Crippen molar-refractivity contribution in [3.05, 3.63) is 0 Å². The van der Waals surface area contributed by atoms with Gasteiger partial charge in [-0.25, -0.2) is 0 Å². The van der Waals surface area contributed by atoms with Gasteiger partial charge < -0.3 is 15.4 Å². The van der Waals surface area contributed by atoms with Gasteiger partial charge in [-0.1, -0.05) is 13.8 Å². The Bertz CT molecular complexity index is 147. The van der Waals surface area contributed by atoms with Crippen molar-refractivity contribution in [1.29, 1.82) is 0 Å². The SMILES string of the molecule is CC(C)NCC1CNC(C)C(C)OC1. The van der Waals surface area contributed by atoms with E-state index in [1.165, 1.54) is 0 Å². The molecule has 1 aliphatic heterocycles.